The average molecular weight is 292 g/mol. The molecule has 0 fully saturated rings. The predicted octanol–water partition coefficient (Wildman–Crippen LogP) is 3.84. The first-order valence-corrected chi connectivity index (χ1v) is 5.85. The van der Waals surface area contributed by atoms with Crippen LogP contribution in [0.2, 0.25) is 0 Å². The zero-order chi connectivity index (χ0) is 12.3. The maximum atomic E-state index is 11.4. The van der Waals surface area contributed by atoms with E-state index in [0.29, 0.717) is 17.2 Å². The van der Waals surface area contributed by atoms with Crippen molar-refractivity contribution in [3.8, 4) is 11.6 Å². The van der Waals surface area contributed by atoms with Gasteiger partial charge in [-0.15, -0.1) is 0 Å². The van der Waals surface area contributed by atoms with Crippen LogP contribution in [0.25, 0.3) is 0 Å². The molecule has 0 bridgehead atoms. The van der Waals surface area contributed by atoms with Crippen molar-refractivity contribution in [1.82, 2.24) is 4.98 Å². The highest BCUT2D eigenvalue weighted by Gasteiger charge is 2.09. The third-order valence-electron chi connectivity index (χ3n) is 2.16. The third kappa shape index (κ3) is 2.91. The van der Waals surface area contributed by atoms with Crippen molar-refractivity contribution in [2.45, 2.75) is 6.92 Å². The largest absolute Gasteiger partial charge is 0.438 e. The van der Waals surface area contributed by atoms with Crippen LogP contribution in [-0.4, -0.2) is 10.8 Å². The number of aromatic nitrogens is 1. The monoisotopic (exact) mass is 291 g/mol. The fourth-order valence-corrected chi connectivity index (χ4v) is 1.76. The van der Waals surface area contributed by atoms with Crippen molar-refractivity contribution in [3.05, 3.63) is 52.6 Å². The topological polar surface area (TPSA) is 39.2 Å². The van der Waals surface area contributed by atoms with Crippen LogP contribution in [0.15, 0.2) is 47.1 Å². The summed E-state index contributed by atoms with van der Waals surface area (Å²) in [5, 5.41) is 0. The number of benzene rings is 1. The third-order valence-corrected chi connectivity index (χ3v) is 2.65. The minimum Gasteiger partial charge on any atom is -0.438 e. The van der Waals surface area contributed by atoms with E-state index in [0.717, 1.165) is 4.47 Å². The number of ether oxygens (including phenoxy) is 1. The highest BCUT2D eigenvalue weighted by molar-refractivity contribution is 9.10. The Labute approximate surface area is 108 Å². The van der Waals surface area contributed by atoms with Crippen LogP contribution in [0.5, 0.6) is 11.6 Å². The van der Waals surface area contributed by atoms with Gasteiger partial charge >= 0.3 is 0 Å². The molecule has 86 valence electrons. The second-order valence-corrected chi connectivity index (χ2v) is 4.39. The molecule has 1 aromatic heterocycles. The summed E-state index contributed by atoms with van der Waals surface area (Å²) in [7, 11) is 0. The van der Waals surface area contributed by atoms with Crippen molar-refractivity contribution in [3.63, 3.8) is 0 Å². The Balaban J connectivity index is 2.33. The molecular formula is C13H10BrNO2. The molecule has 0 N–H and O–H groups in total. The summed E-state index contributed by atoms with van der Waals surface area (Å²) in [5.74, 6) is 0.904. The van der Waals surface area contributed by atoms with Crippen molar-refractivity contribution in [2.75, 3.05) is 0 Å². The zero-order valence-electron chi connectivity index (χ0n) is 9.18. The molecule has 0 amide bonds. The van der Waals surface area contributed by atoms with Gasteiger partial charge in [-0.05, 0) is 37.3 Å². The standard InChI is InChI=1S/C13H10BrNO2/c1-9(16)12-6-3-7-15-13(12)17-11-5-2-4-10(14)8-11/h2-8H,1H3. The van der Waals surface area contributed by atoms with E-state index >= 15 is 0 Å². The SMILES string of the molecule is CC(=O)c1cccnc1Oc1cccc(Br)c1. The molecule has 1 heterocycles. The number of Topliss-reactive ketones (excluding diaryl/α,β-unsaturated/α-hetero) is 1. The van der Waals surface area contributed by atoms with Gasteiger partial charge in [-0.1, -0.05) is 22.0 Å². The predicted molar refractivity (Wildman–Crippen MR) is 68.5 cm³/mol. The summed E-state index contributed by atoms with van der Waals surface area (Å²) in [4.78, 5) is 15.5. The molecule has 0 unspecified atom stereocenters. The van der Waals surface area contributed by atoms with Gasteiger partial charge in [0.05, 0.1) is 5.56 Å². The number of carbonyl (C=O) groups excluding carboxylic acids is 1. The van der Waals surface area contributed by atoms with E-state index in [1.807, 2.05) is 24.3 Å². The number of hydrogen-bond donors (Lipinski definition) is 0. The smallest absolute Gasteiger partial charge is 0.230 e. The van der Waals surface area contributed by atoms with E-state index in [2.05, 4.69) is 20.9 Å². The molecule has 17 heavy (non-hydrogen) atoms. The number of halogens is 1. The lowest BCUT2D eigenvalue weighted by molar-refractivity contribution is 0.101. The summed E-state index contributed by atoms with van der Waals surface area (Å²) >= 11 is 3.36. The molecule has 0 aliphatic rings. The minimum absolute atomic E-state index is 0.0666. The molecule has 0 aliphatic carbocycles. The molecule has 0 saturated carbocycles. The highest BCUT2D eigenvalue weighted by atomic mass is 79.9. The van der Waals surface area contributed by atoms with Crippen molar-refractivity contribution >= 4 is 21.7 Å². The highest BCUT2D eigenvalue weighted by Crippen LogP contribution is 2.25. The van der Waals surface area contributed by atoms with Crippen LogP contribution >= 0.6 is 15.9 Å². The van der Waals surface area contributed by atoms with E-state index in [9.17, 15) is 4.79 Å². The lowest BCUT2D eigenvalue weighted by Crippen LogP contribution is -1.98. The maximum absolute atomic E-state index is 11.4. The first kappa shape index (κ1) is 11.8. The molecule has 0 atom stereocenters. The van der Waals surface area contributed by atoms with Crippen LogP contribution in [0.1, 0.15) is 17.3 Å². The van der Waals surface area contributed by atoms with Crippen LogP contribution in [0.3, 0.4) is 0 Å². The first-order valence-electron chi connectivity index (χ1n) is 5.06. The molecule has 2 rings (SSSR count). The van der Waals surface area contributed by atoms with Crippen LogP contribution in [0.4, 0.5) is 0 Å². The molecule has 4 heteroatoms. The molecule has 0 radical (unpaired) electrons. The van der Waals surface area contributed by atoms with Gasteiger partial charge in [0.25, 0.3) is 0 Å². The van der Waals surface area contributed by atoms with Gasteiger partial charge in [-0.25, -0.2) is 4.98 Å². The Morgan fingerprint density at radius 3 is 2.82 bits per heavy atom. The number of ketones is 1. The summed E-state index contributed by atoms with van der Waals surface area (Å²) in [5.41, 5.74) is 0.479. The average Bonchev–Trinajstić information content (AvgIpc) is 2.29. The molecule has 3 nitrogen and oxygen atoms in total. The Morgan fingerprint density at radius 2 is 2.12 bits per heavy atom. The minimum atomic E-state index is -0.0666. The number of pyridine rings is 1. The molecule has 2 aromatic rings. The Kier molecular flexibility index (Phi) is 3.54. The molecule has 1 aromatic carbocycles. The van der Waals surface area contributed by atoms with Gasteiger partial charge in [0.1, 0.15) is 5.75 Å². The van der Waals surface area contributed by atoms with Gasteiger partial charge in [0.15, 0.2) is 5.78 Å². The second kappa shape index (κ2) is 5.10. The molecular weight excluding hydrogens is 282 g/mol. The normalized spacial score (nSPS) is 10.0. The number of carbonyl (C=O) groups is 1. The van der Waals surface area contributed by atoms with E-state index in [-0.39, 0.29) is 5.78 Å². The lowest BCUT2D eigenvalue weighted by Gasteiger charge is -2.07. The number of rotatable bonds is 3. The van der Waals surface area contributed by atoms with E-state index in [1.165, 1.54) is 6.92 Å². The van der Waals surface area contributed by atoms with Crippen LogP contribution in [-0.2, 0) is 0 Å². The second-order valence-electron chi connectivity index (χ2n) is 3.47. The van der Waals surface area contributed by atoms with Gasteiger partial charge in [-0.2, -0.15) is 0 Å². The Bertz CT molecular complexity index is 555. The maximum Gasteiger partial charge on any atom is 0.230 e. The molecule has 0 saturated heterocycles. The Hall–Kier alpha value is -1.68. The van der Waals surface area contributed by atoms with E-state index in [1.54, 1.807) is 18.3 Å². The fraction of sp³-hybridized carbons (Fsp3) is 0.0769. The molecule has 0 aliphatic heterocycles. The van der Waals surface area contributed by atoms with Gasteiger partial charge in [-0.3, -0.25) is 4.79 Å². The van der Waals surface area contributed by atoms with Gasteiger partial charge in [0, 0.05) is 10.7 Å². The summed E-state index contributed by atoms with van der Waals surface area (Å²) in [6.45, 7) is 1.49. The van der Waals surface area contributed by atoms with Gasteiger partial charge < -0.3 is 4.74 Å². The summed E-state index contributed by atoms with van der Waals surface area (Å²) in [6, 6.07) is 10.8. The molecule has 0 spiro atoms. The van der Waals surface area contributed by atoms with E-state index < -0.39 is 0 Å². The van der Waals surface area contributed by atoms with Crippen LogP contribution in [0, 0.1) is 0 Å². The van der Waals surface area contributed by atoms with E-state index in [4.69, 9.17) is 4.74 Å². The van der Waals surface area contributed by atoms with Crippen molar-refractivity contribution in [1.29, 1.82) is 0 Å². The quantitative estimate of drug-likeness (QED) is 0.807. The van der Waals surface area contributed by atoms with Crippen LogP contribution < -0.4 is 4.74 Å². The summed E-state index contributed by atoms with van der Waals surface area (Å²) < 4.78 is 6.50. The van der Waals surface area contributed by atoms with Crippen molar-refractivity contribution < 1.29 is 9.53 Å². The fourth-order valence-electron chi connectivity index (χ4n) is 1.38. The zero-order valence-corrected chi connectivity index (χ0v) is 10.8. The lowest BCUT2D eigenvalue weighted by atomic mass is 10.2. The number of hydrogen-bond acceptors (Lipinski definition) is 3. The number of nitrogens with zero attached hydrogens (tertiary/aromatic N) is 1. The first-order chi connectivity index (χ1) is 8.16. The van der Waals surface area contributed by atoms with Crippen molar-refractivity contribution in [2.24, 2.45) is 0 Å². The van der Waals surface area contributed by atoms with Gasteiger partial charge in [0.2, 0.25) is 5.88 Å². The Morgan fingerprint density at radius 1 is 1.29 bits per heavy atom. The summed E-state index contributed by atoms with van der Waals surface area (Å²) in [6.07, 6.45) is 1.60.